The van der Waals surface area contributed by atoms with Gasteiger partial charge in [-0.15, -0.1) is 0 Å². The van der Waals surface area contributed by atoms with Crippen molar-refractivity contribution in [3.05, 3.63) is 17.8 Å². The first kappa shape index (κ1) is 13.7. The number of amides is 1. The first-order valence-corrected chi connectivity index (χ1v) is 5.97. The molecule has 1 N–H and O–H groups in total. The molecule has 0 fully saturated rings. The van der Waals surface area contributed by atoms with Gasteiger partial charge in [0.15, 0.2) is 6.39 Å². The van der Waals surface area contributed by atoms with Gasteiger partial charge in [0.1, 0.15) is 0 Å². The van der Waals surface area contributed by atoms with E-state index in [0.717, 1.165) is 12.8 Å². The van der Waals surface area contributed by atoms with Crippen LogP contribution in [0, 0.1) is 6.92 Å². The summed E-state index contributed by atoms with van der Waals surface area (Å²) in [6.07, 6.45) is 2.98. The zero-order chi connectivity index (χ0) is 12.8. The number of hydrogen-bond acceptors (Lipinski definition) is 4. The Bertz CT molecular complexity index is 358. The third-order valence-electron chi connectivity index (χ3n) is 2.92. The predicted octanol–water partition coefficient (Wildman–Crippen LogP) is 1.61. The molecule has 96 valence electrons. The van der Waals surface area contributed by atoms with Crippen molar-refractivity contribution >= 4 is 5.91 Å². The summed E-state index contributed by atoms with van der Waals surface area (Å²) in [6, 6.07) is 0.124. The molecule has 1 amide bonds. The number of carbonyl (C=O) groups is 1. The maximum atomic E-state index is 12.3. The van der Waals surface area contributed by atoms with Crippen LogP contribution in [0.5, 0.6) is 0 Å². The molecule has 0 bridgehead atoms. The molecule has 0 radical (unpaired) electrons. The summed E-state index contributed by atoms with van der Waals surface area (Å²) >= 11 is 0. The quantitative estimate of drug-likeness (QED) is 0.820. The lowest BCUT2D eigenvalue weighted by molar-refractivity contribution is 0.0589. The van der Waals surface area contributed by atoms with Gasteiger partial charge in [-0.1, -0.05) is 13.8 Å². The molecule has 0 saturated carbocycles. The lowest BCUT2D eigenvalue weighted by Crippen LogP contribution is -2.41. The van der Waals surface area contributed by atoms with Crippen molar-refractivity contribution in [3.8, 4) is 0 Å². The lowest BCUT2D eigenvalue weighted by Gasteiger charge is -2.29. The number of nitrogens with zero attached hydrogens (tertiary/aromatic N) is 2. The number of aliphatic hydroxyl groups is 1. The summed E-state index contributed by atoms with van der Waals surface area (Å²) < 4.78 is 5.11. The molecule has 17 heavy (non-hydrogen) atoms. The molecule has 1 rings (SSSR count). The zero-order valence-electron chi connectivity index (χ0n) is 10.6. The van der Waals surface area contributed by atoms with E-state index in [4.69, 9.17) is 9.52 Å². The number of hydrogen-bond donors (Lipinski definition) is 1. The number of aryl methyl sites for hydroxylation is 1. The molecular formula is C12H20N2O3. The molecule has 5 nitrogen and oxygen atoms in total. The summed E-state index contributed by atoms with van der Waals surface area (Å²) in [4.78, 5) is 17.8. The number of aromatic nitrogens is 1. The minimum absolute atomic E-state index is 0.0462. The molecule has 1 aromatic rings. The second-order valence-corrected chi connectivity index (χ2v) is 3.96. The third-order valence-corrected chi connectivity index (χ3v) is 2.92. The van der Waals surface area contributed by atoms with Gasteiger partial charge in [-0.2, -0.15) is 0 Å². The van der Waals surface area contributed by atoms with E-state index in [1.54, 1.807) is 11.8 Å². The van der Waals surface area contributed by atoms with Crippen molar-refractivity contribution in [2.45, 2.75) is 39.7 Å². The highest BCUT2D eigenvalue weighted by Crippen LogP contribution is 2.15. The minimum Gasteiger partial charge on any atom is -0.438 e. The van der Waals surface area contributed by atoms with Crippen LogP contribution in [0.15, 0.2) is 10.8 Å². The van der Waals surface area contributed by atoms with Gasteiger partial charge in [0.2, 0.25) is 5.76 Å². The second-order valence-electron chi connectivity index (χ2n) is 3.96. The van der Waals surface area contributed by atoms with E-state index >= 15 is 0 Å². The van der Waals surface area contributed by atoms with Crippen LogP contribution in [0.3, 0.4) is 0 Å². The molecule has 0 aromatic carbocycles. The Labute approximate surface area is 101 Å². The third kappa shape index (κ3) is 3.06. The standard InChI is InChI=1S/C12H20N2O3/c1-4-10(5-2)14(6-7-15)12(16)11-9(3)13-8-17-11/h8,10,15H,4-7H2,1-3H3. The highest BCUT2D eigenvalue weighted by molar-refractivity contribution is 5.92. The zero-order valence-corrected chi connectivity index (χ0v) is 10.6. The van der Waals surface area contributed by atoms with Crippen molar-refractivity contribution in [1.29, 1.82) is 0 Å². The van der Waals surface area contributed by atoms with Crippen molar-refractivity contribution in [1.82, 2.24) is 9.88 Å². The van der Waals surface area contributed by atoms with Crippen LogP contribution in [0.2, 0.25) is 0 Å². The molecule has 1 aromatic heterocycles. The van der Waals surface area contributed by atoms with Gasteiger partial charge in [0.25, 0.3) is 5.91 Å². The fraction of sp³-hybridized carbons (Fsp3) is 0.667. The molecule has 1 heterocycles. The summed E-state index contributed by atoms with van der Waals surface area (Å²) in [7, 11) is 0. The van der Waals surface area contributed by atoms with E-state index in [0.29, 0.717) is 12.2 Å². The van der Waals surface area contributed by atoms with Gasteiger partial charge in [-0.25, -0.2) is 4.98 Å². The highest BCUT2D eigenvalue weighted by Gasteiger charge is 2.25. The van der Waals surface area contributed by atoms with Crippen LogP contribution in [-0.4, -0.2) is 40.1 Å². The second kappa shape index (κ2) is 6.39. The fourth-order valence-corrected chi connectivity index (χ4v) is 1.92. The van der Waals surface area contributed by atoms with Gasteiger partial charge in [-0.3, -0.25) is 4.79 Å². The lowest BCUT2D eigenvalue weighted by atomic mass is 10.1. The summed E-state index contributed by atoms with van der Waals surface area (Å²) in [6.45, 7) is 6.07. The van der Waals surface area contributed by atoms with Gasteiger partial charge in [-0.05, 0) is 19.8 Å². The molecule has 0 atom stereocenters. The first-order valence-electron chi connectivity index (χ1n) is 5.97. The van der Waals surface area contributed by atoms with Gasteiger partial charge in [0, 0.05) is 12.6 Å². The Balaban J connectivity index is 2.91. The molecule has 0 aliphatic heterocycles. The Morgan fingerprint density at radius 3 is 2.59 bits per heavy atom. The molecule has 0 saturated heterocycles. The normalized spacial score (nSPS) is 10.9. The Hall–Kier alpha value is -1.36. The number of aliphatic hydroxyl groups excluding tert-OH is 1. The van der Waals surface area contributed by atoms with E-state index in [1.807, 2.05) is 13.8 Å². The molecule has 0 unspecified atom stereocenters. The van der Waals surface area contributed by atoms with Crippen LogP contribution in [-0.2, 0) is 0 Å². The maximum absolute atomic E-state index is 12.3. The summed E-state index contributed by atoms with van der Waals surface area (Å²) in [5.41, 5.74) is 0.587. The number of carbonyl (C=O) groups excluding carboxylic acids is 1. The van der Waals surface area contributed by atoms with E-state index in [1.165, 1.54) is 6.39 Å². The number of oxazole rings is 1. The van der Waals surface area contributed by atoms with Crippen LogP contribution >= 0.6 is 0 Å². The fourth-order valence-electron chi connectivity index (χ4n) is 1.92. The smallest absolute Gasteiger partial charge is 0.291 e. The molecular weight excluding hydrogens is 220 g/mol. The highest BCUT2D eigenvalue weighted by atomic mass is 16.3. The van der Waals surface area contributed by atoms with Crippen LogP contribution in [0.1, 0.15) is 42.9 Å². The van der Waals surface area contributed by atoms with E-state index in [9.17, 15) is 4.79 Å². The topological polar surface area (TPSA) is 66.6 Å². The van der Waals surface area contributed by atoms with E-state index < -0.39 is 0 Å². The predicted molar refractivity (Wildman–Crippen MR) is 63.7 cm³/mol. The van der Waals surface area contributed by atoms with Gasteiger partial charge < -0.3 is 14.4 Å². The van der Waals surface area contributed by atoms with E-state index in [-0.39, 0.29) is 24.3 Å². The number of rotatable bonds is 6. The largest absolute Gasteiger partial charge is 0.438 e. The average Bonchev–Trinajstić information content (AvgIpc) is 2.75. The van der Waals surface area contributed by atoms with Crippen molar-refractivity contribution < 1.29 is 14.3 Å². The minimum atomic E-state index is -0.192. The Morgan fingerprint density at radius 2 is 2.18 bits per heavy atom. The van der Waals surface area contributed by atoms with Crippen LogP contribution in [0.25, 0.3) is 0 Å². The van der Waals surface area contributed by atoms with E-state index in [2.05, 4.69) is 4.98 Å². The Kier molecular flexibility index (Phi) is 5.15. The molecule has 0 aliphatic carbocycles. The van der Waals surface area contributed by atoms with Crippen molar-refractivity contribution in [2.24, 2.45) is 0 Å². The summed E-state index contributed by atoms with van der Waals surface area (Å²) in [5.74, 6) is 0.0769. The first-order chi connectivity index (χ1) is 8.15. The maximum Gasteiger partial charge on any atom is 0.291 e. The van der Waals surface area contributed by atoms with Crippen LogP contribution < -0.4 is 0 Å². The summed E-state index contributed by atoms with van der Waals surface area (Å²) in [5, 5.41) is 9.05. The van der Waals surface area contributed by atoms with Crippen LogP contribution in [0.4, 0.5) is 0 Å². The monoisotopic (exact) mass is 240 g/mol. The van der Waals surface area contributed by atoms with Crippen molar-refractivity contribution in [3.63, 3.8) is 0 Å². The van der Waals surface area contributed by atoms with Gasteiger partial charge >= 0.3 is 0 Å². The van der Waals surface area contributed by atoms with Gasteiger partial charge in [0.05, 0.1) is 12.3 Å². The average molecular weight is 240 g/mol. The van der Waals surface area contributed by atoms with Crippen molar-refractivity contribution in [2.75, 3.05) is 13.2 Å². The Morgan fingerprint density at radius 1 is 1.53 bits per heavy atom. The molecule has 0 spiro atoms. The molecule has 5 heteroatoms. The SMILES string of the molecule is CCC(CC)N(CCO)C(=O)c1ocnc1C. The molecule has 0 aliphatic rings.